The number of nitrogens with one attached hydrogen (secondary N) is 1. The van der Waals surface area contributed by atoms with Crippen LogP contribution >= 0.6 is 34.3 Å². The zero-order chi connectivity index (χ0) is 27.1. The van der Waals surface area contributed by atoms with Gasteiger partial charge in [0.2, 0.25) is 0 Å². The maximum atomic E-state index is 13.3. The summed E-state index contributed by atoms with van der Waals surface area (Å²) < 4.78 is 33.2. The van der Waals surface area contributed by atoms with Crippen molar-refractivity contribution in [1.82, 2.24) is 0 Å². The van der Waals surface area contributed by atoms with Gasteiger partial charge < -0.3 is 10.1 Å². The molecule has 0 saturated heterocycles. The van der Waals surface area contributed by atoms with Gasteiger partial charge >= 0.3 is 5.97 Å². The number of carbonyl (C=O) groups is 2. The molecule has 1 amide bonds. The van der Waals surface area contributed by atoms with Gasteiger partial charge in [0.1, 0.15) is 0 Å². The second kappa shape index (κ2) is 12.4. The Kier molecular flexibility index (Phi) is 9.01. The van der Waals surface area contributed by atoms with E-state index >= 15 is 0 Å². The Hall–Kier alpha value is -3.44. The minimum atomic E-state index is -3.93. The number of amides is 1. The number of hydrogen-bond acceptors (Lipinski definition) is 7. The Bertz CT molecular complexity index is 1530. The van der Waals surface area contributed by atoms with Crippen LogP contribution in [0.3, 0.4) is 0 Å². The molecule has 7 nitrogen and oxygen atoms in total. The van der Waals surface area contributed by atoms with Crippen LogP contribution in [0.4, 0.5) is 11.4 Å². The number of hydrogen-bond donors (Lipinski definition) is 1. The molecule has 0 spiro atoms. The van der Waals surface area contributed by atoms with Crippen molar-refractivity contribution in [1.29, 1.82) is 0 Å². The van der Waals surface area contributed by atoms with Crippen LogP contribution < -0.4 is 9.62 Å². The zero-order valence-electron chi connectivity index (χ0n) is 20.2. The predicted octanol–water partition coefficient (Wildman–Crippen LogP) is 6.40. The van der Waals surface area contributed by atoms with E-state index in [4.69, 9.17) is 16.3 Å². The van der Waals surface area contributed by atoms with Crippen molar-refractivity contribution in [2.75, 3.05) is 22.8 Å². The van der Waals surface area contributed by atoms with Crippen LogP contribution in [0.2, 0.25) is 5.02 Å². The summed E-state index contributed by atoms with van der Waals surface area (Å²) in [6.07, 6.45) is 1.72. The number of benzene rings is 2. The summed E-state index contributed by atoms with van der Waals surface area (Å²) >= 11 is 9.10. The molecule has 0 saturated carbocycles. The van der Waals surface area contributed by atoms with Gasteiger partial charge in [-0.05, 0) is 66.2 Å². The number of rotatable bonds is 10. The first-order chi connectivity index (χ1) is 18.3. The van der Waals surface area contributed by atoms with Crippen LogP contribution in [0.25, 0.3) is 11.6 Å². The van der Waals surface area contributed by atoms with Gasteiger partial charge in [-0.3, -0.25) is 9.10 Å². The van der Waals surface area contributed by atoms with Gasteiger partial charge in [-0.25, -0.2) is 13.2 Å². The fraction of sp³-hybridized carbons (Fsp3) is 0.111. The number of sulfonamides is 1. The first-order valence-corrected chi connectivity index (χ1v) is 15.0. The van der Waals surface area contributed by atoms with Crippen molar-refractivity contribution in [2.45, 2.75) is 11.8 Å². The van der Waals surface area contributed by atoms with Crippen molar-refractivity contribution in [3.8, 4) is 0 Å². The largest absolute Gasteiger partial charge is 0.452 e. The van der Waals surface area contributed by atoms with Gasteiger partial charge in [0.15, 0.2) is 6.61 Å². The number of ether oxygens (including phenoxy) is 1. The van der Waals surface area contributed by atoms with Crippen LogP contribution in [-0.4, -0.2) is 33.4 Å². The van der Waals surface area contributed by atoms with Crippen molar-refractivity contribution in [3.05, 3.63) is 98.3 Å². The normalized spacial score (nSPS) is 11.7. The molecule has 2 aromatic heterocycles. The van der Waals surface area contributed by atoms with E-state index in [9.17, 15) is 18.0 Å². The Balaban J connectivity index is 1.48. The third kappa shape index (κ3) is 6.51. The first-order valence-electron chi connectivity index (χ1n) is 11.4. The van der Waals surface area contributed by atoms with Crippen LogP contribution in [0.15, 0.2) is 88.5 Å². The second-order valence-corrected chi connectivity index (χ2v) is 12.0. The maximum Gasteiger partial charge on any atom is 0.340 e. The van der Waals surface area contributed by atoms with E-state index in [-0.39, 0.29) is 22.2 Å². The minimum absolute atomic E-state index is 0.0428. The minimum Gasteiger partial charge on any atom is -0.452 e. The van der Waals surface area contributed by atoms with Crippen molar-refractivity contribution in [3.63, 3.8) is 0 Å². The zero-order valence-corrected chi connectivity index (χ0v) is 23.4. The van der Waals surface area contributed by atoms with Gasteiger partial charge in [-0.15, -0.1) is 22.7 Å². The lowest BCUT2D eigenvalue weighted by molar-refractivity contribution is -0.141. The molecule has 1 N–H and O–H groups in total. The smallest absolute Gasteiger partial charge is 0.340 e. The maximum absolute atomic E-state index is 13.3. The summed E-state index contributed by atoms with van der Waals surface area (Å²) in [5.74, 6) is -1.31. The molecule has 0 atom stereocenters. The molecule has 38 heavy (non-hydrogen) atoms. The number of para-hydroxylation sites is 1. The second-order valence-electron chi connectivity index (χ2n) is 7.82. The van der Waals surface area contributed by atoms with Gasteiger partial charge in [-0.1, -0.05) is 41.9 Å². The van der Waals surface area contributed by atoms with E-state index in [0.29, 0.717) is 16.1 Å². The number of carbonyl (C=O) groups excluding carboxylic acids is 2. The van der Waals surface area contributed by atoms with E-state index in [1.54, 1.807) is 49.4 Å². The highest BCUT2D eigenvalue weighted by atomic mass is 35.5. The third-order valence-corrected chi connectivity index (χ3v) is 9.25. The molecule has 196 valence electrons. The molecule has 0 aliphatic heterocycles. The molecule has 4 aromatic rings. The molecule has 2 aromatic carbocycles. The standard InChI is InChI=1S/C27H23ClN2O5S3/c1-2-30(19-8-4-3-5-9-19)38(33,34)21-12-13-23(28)24(17-21)29-26(31)18-35-27(32)22(25-11-7-15-37-25)16-20-10-6-14-36-20/h3-17H,2,18H2,1H3,(H,29,31)/b22-16+. The molecular formula is C27H23ClN2O5S3. The number of esters is 1. The monoisotopic (exact) mass is 586 g/mol. The summed E-state index contributed by atoms with van der Waals surface area (Å²) in [7, 11) is -3.93. The van der Waals surface area contributed by atoms with Crippen molar-refractivity contribution >= 4 is 79.2 Å². The van der Waals surface area contributed by atoms with Gasteiger partial charge in [-0.2, -0.15) is 0 Å². The van der Waals surface area contributed by atoms with E-state index < -0.39 is 28.5 Å². The lowest BCUT2D eigenvalue weighted by atomic mass is 10.2. The average molecular weight is 587 g/mol. The molecule has 0 aliphatic carbocycles. The number of anilines is 2. The predicted molar refractivity (Wildman–Crippen MR) is 154 cm³/mol. The Morgan fingerprint density at radius 2 is 1.74 bits per heavy atom. The van der Waals surface area contributed by atoms with Crippen LogP contribution in [0, 0.1) is 0 Å². The van der Waals surface area contributed by atoms with Crippen molar-refractivity contribution < 1.29 is 22.7 Å². The summed E-state index contributed by atoms with van der Waals surface area (Å²) in [6, 6.07) is 20.1. The topological polar surface area (TPSA) is 92.8 Å². The molecule has 0 aliphatic rings. The highest BCUT2D eigenvalue weighted by molar-refractivity contribution is 7.92. The highest BCUT2D eigenvalue weighted by Gasteiger charge is 2.25. The number of thiophene rings is 2. The third-order valence-electron chi connectivity index (χ3n) is 5.30. The summed E-state index contributed by atoms with van der Waals surface area (Å²) in [5.41, 5.74) is 0.937. The van der Waals surface area contributed by atoms with Gasteiger partial charge in [0, 0.05) is 16.3 Å². The SMILES string of the molecule is CCN(c1ccccc1)S(=O)(=O)c1ccc(Cl)c(NC(=O)COC(=O)/C(=C/c2cccs2)c2cccs2)c1. The Labute approximate surface area is 234 Å². The van der Waals surface area contributed by atoms with Crippen molar-refractivity contribution in [2.24, 2.45) is 0 Å². The van der Waals surface area contributed by atoms with Gasteiger partial charge in [0.25, 0.3) is 15.9 Å². The molecule has 4 rings (SSSR count). The quantitative estimate of drug-likeness (QED) is 0.171. The molecule has 0 bridgehead atoms. The summed E-state index contributed by atoms with van der Waals surface area (Å²) in [5, 5.41) is 6.43. The van der Waals surface area contributed by atoms with Crippen LogP contribution in [0.5, 0.6) is 0 Å². The lowest BCUT2D eigenvalue weighted by Gasteiger charge is -2.23. The van der Waals surface area contributed by atoms with Crippen LogP contribution in [0.1, 0.15) is 16.7 Å². The van der Waals surface area contributed by atoms with Crippen LogP contribution in [-0.2, 0) is 24.3 Å². The Morgan fingerprint density at radius 3 is 2.39 bits per heavy atom. The summed E-state index contributed by atoms with van der Waals surface area (Å²) in [6.45, 7) is 1.36. The fourth-order valence-electron chi connectivity index (χ4n) is 3.55. The summed E-state index contributed by atoms with van der Waals surface area (Å²) in [4.78, 5) is 27.0. The highest BCUT2D eigenvalue weighted by Crippen LogP contribution is 2.30. The molecule has 0 radical (unpaired) electrons. The fourth-order valence-corrected chi connectivity index (χ4v) is 6.60. The van der Waals surface area contributed by atoms with E-state index in [0.717, 1.165) is 4.88 Å². The first kappa shape index (κ1) is 27.6. The van der Waals surface area contributed by atoms with Gasteiger partial charge in [0.05, 0.1) is 26.9 Å². The molecule has 11 heteroatoms. The Morgan fingerprint density at radius 1 is 1.00 bits per heavy atom. The van der Waals surface area contributed by atoms with E-state index in [1.807, 2.05) is 29.0 Å². The molecule has 2 heterocycles. The molecule has 0 unspecified atom stereocenters. The lowest BCUT2D eigenvalue weighted by Crippen LogP contribution is -2.30. The molecule has 0 fully saturated rings. The molecular weight excluding hydrogens is 564 g/mol. The van der Waals surface area contributed by atoms with E-state index in [2.05, 4.69) is 5.32 Å². The number of halogens is 1. The average Bonchev–Trinajstić information content (AvgIpc) is 3.63. The number of nitrogens with zero attached hydrogens (tertiary/aromatic N) is 1. The van der Waals surface area contributed by atoms with E-state index in [1.165, 1.54) is 45.2 Å².